The van der Waals surface area contributed by atoms with Crippen molar-refractivity contribution >= 4 is 46.0 Å². The summed E-state index contributed by atoms with van der Waals surface area (Å²) < 4.78 is 12.8. The van der Waals surface area contributed by atoms with Crippen LogP contribution in [0.15, 0.2) is 27.1 Å². The molecule has 11 heteroatoms. The van der Waals surface area contributed by atoms with Gasteiger partial charge in [-0.3, -0.25) is 0 Å². The van der Waals surface area contributed by atoms with Gasteiger partial charge in [-0.15, -0.1) is 21.5 Å². The Balaban J connectivity index is 1.61. The lowest BCUT2D eigenvalue weighted by Gasteiger charge is -2.06. The summed E-state index contributed by atoms with van der Waals surface area (Å²) in [5.41, 5.74) is 6.68. The lowest BCUT2D eigenvalue weighted by molar-refractivity contribution is 0.0526. The van der Waals surface area contributed by atoms with Gasteiger partial charge in [-0.05, 0) is 32.2 Å². The van der Waals surface area contributed by atoms with Gasteiger partial charge in [0, 0.05) is 6.54 Å². The van der Waals surface area contributed by atoms with Crippen molar-refractivity contribution in [1.29, 1.82) is 0 Å². The van der Waals surface area contributed by atoms with Crippen molar-refractivity contribution in [3.63, 3.8) is 0 Å². The molecule has 0 spiro atoms. The number of hydrogen-bond donors (Lipinski definition) is 1. The minimum absolute atomic E-state index is 0.187. The first-order chi connectivity index (χ1) is 14.5. The molecule has 0 unspecified atom stereocenters. The molecule has 0 aliphatic carbocycles. The van der Waals surface area contributed by atoms with Gasteiger partial charge in [0.1, 0.15) is 23.0 Å². The Labute approximate surface area is 180 Å². The van der Waals surface area contributed by atoms with Gasteiger partial charge >= 0.3 is 5.97 Å². The summed E-state index contributed by atoms with van der Waals surface area (Å²) >= 11 is 3.09. The molecule has 30 heavy (non-hydrogen) atoms. The minimum atomic E-state index is -0.497. The van der Waals surface area contributed by atoms with Crippen molar-refractivity contribution in [3.05, 3.63) is 34.7 Å². The van der Waals surface area contributed by atoms with E-state index >= 15 is 0 Å². The third-order valence-corrected chi connectivity index (χ3v) is 6.22. The molecule has 156 valence electrons. The molecule has 2 N–H and O–H groups in total. The van der Waals surface area contributed by atoms with E-state index in [1.54, 1.807) is 25.2 Å². The predicted molar refractivity (Wildman–Crippen MR) is 115 cm³/mol. The molecule has 0 saturated heterocycles. The van der Waals surface area contributed by atoms with Gasteiger partial charge in [0.15, 0.2) is 11.0 Å². The van der Waals surface area contributed by atoms with E-state index in [9.17, 15) is 4.79 Å². The minimum Gasteiger partial charge on any atom is -0.462 e. The van der Waals surface area contributed by atoms with Gasteiger partial charge < -0.3 is 19.5 Å². The first-order valence-electron chi connectivity index (χ1n) is 9.35. The van der Waals surface area contributed by atoms with Crippen LogP contribution in [0.3, 0.4) is 0 Å². The van der Waals surface area contributed by atoms with Gasteiger partial charge in [0.25, 0.3) is 0 Å². The lowest BCUT2D eigenvalue weighted by Crippen LogP contribution is -2.07. The summed E-state index contributed by atoms with van der Waals surface area (Å²) in [4.78, 5) is 22.1. The van der Waals surface area contributed by atoms with Crippen molar-refractivity contribution in [1.82, 2.24) is 24.7 Å². The van der Waals surface area contributed by atoms with Crippen LogP contribution in [0.2, 0.25) is 0 Å². The molecule has 0 amide bonds. The molecule has 0 radical (unpaired) electrons. The highest BCUT2D eigenvalue weighted by Gasteiger charge is 2.24. The van der Waals surface area contributed by atoms with Crippen molar-refractivity contribution in [2.24, 2.45) is 0 Å². The number of nitrogens with zero attached hydrogens (tertiary/aromatic N) is 5. The molecule has 4 aromatic rings. The Morgan fingerprint density at radius 1 is 1.33 bits per heavy atom. The van der Waals surface area contributed by atoms with Crippen LogP contribution in [0.1, 0.15) is 35.8 Å². The molecule has 9 nitrogen and oxygen atoms in total. The van der Waals surface area contributed by atoms with E-state index in [1.165, 1.54) is 11.8 Å². The average Bonchev–Trinajstić information content (AvgIpc) is 3.44. The van der Waals surface area contributed by atoms with E-state index in [4.69, 9.17) is 14.9 Å². The van der Waals surface area contributed by atoms with E-state index < -0.39 is 5.97 Å². The number of thioether (sulfide) groups is 1. The van der Waals surface area contributed by atoms with Crippen LogP contribution in [0.5, 0.6) is 0 Å². The van der Waals surface area contributed by atoms with Crippen LogP contribution in [0.25, 0.3) is 21.8 Å². The van der Waals surface area contributed by atoms with Gasteiger partial charge in [-0.2, -0.15) is 4.98 Å². The highest BCUT2D eigenvalue weighted by Crippen LogP contribution is 2.31. The molecule has 0 aliphatic rings. The Morgan fingerprint density at radius 3 is 2.87 bits per heavy atom. The number of rotatable bonds is 7. The van der Waals surface area contributed by atoms with E-state index in [0.717, 1.165) is 22.4 Å². The number of anilines is 1. The first kappa shape index (κ1) is 20.4. The third kappa shape index (κ3) is 3.65. The quantitative estimate of drug-likeness (QED) is 0.334. The number of carbonyl (C=O) groups excluding carboxylic acids is 1. The molecule has 0 atom stereocenters. The maximum absolute atomic E-state index is 12.2. The number of furan rings is 1. The number of nitrogen functional groups attached to an aromatic ring is 1. The highest BCUT2D eigenvalue weighted by atomic mass is 32.2. The number of thiophene rings is 1. The van der Waals surface area contributed by atoms with Crippen molar-refractivity contribution in [2.45, 2.75) is 38.2 Å². The second kappa shape index (κ2) is 8.44. The van der Waals surface area contributed by atoms with Gasteiger partial charge in [-0.1, -0.05) is 17.8 Å². The van der Waals surface area contributed by atoms with Crippen molar-refractivity contribution in [2.75, 3.05) is 12.3 Å². The number of carbonyl (C=O) groups is 1. The Kier molecular flexibility index (Phi) is 5.73. The second-order valence-corrected chi connectivity index (χ2v) is 8.17. The number of nitrogens with two attached hydrogens (primary N) is 1. The predicted octanol–water partition coefficient (Wildman–Crippen LogP) is 3.92. The zero-order valence-corrected chi connectivity index (χ0v) is 18.3. The highest BCUT2D eigenvalue weighted by molar-refractivity contribution is 7.98. The van der Waals surface area contributed by atoms with Gasteiger partial charge in [0.2, 0.25) is 5.71 Å². The molecule has 4 aromatic heterocycles. The fraction of sp³-hybridized carbons (Fsp3) is 0.316. The van der Waals surface area contributed by atoms with E-state index in [2.05, 4.69) is 20.2 Å². The third-order valence-electron chi connectivity index (χ3n) is 4.39. The van der Waals surface area contributed by atoms with Crippen LogP contribution in [-0.2, 0) is 17.0 Å². The molecule has 4 rings (SSSR count). The number of aryl methyl sites for hydroxylation is 1. The average molecular weight is 445 g/mol. The second-order valence-electron chi connectivity index (χ2n) is 6.28. The van der Waals surface area contributed by atoms with E-state index in [1.807, 2.05) is 29.0 Å². The Hall–Kier alpha value is -2.92. The molecule has 0 aromatic carbocycles. The SMILES string of the molecule is CCOC(=O)c1c(C)oc2nc(CSc3nnc(-c4cccs4)n3CC)nc(N)c12. The van der Waals surface area contributed by atoms with Crippen LogP contribution in [-0.4, -0.2) is 37.3 Å². The fourth-order valence-electron chi connectivity index (χ4n) is 3.09. The summed E-state index contributed by atoms with van der Waals surface area (Å²) in [7, 11) is 0. The molecular formula is C19H20N6O3S2. The molecule has 0 saturated carbocycles. The van der Waals surface area contributed by atoms with Crippen molar-refractivity contribution < 1.29 is 13.9 Å². The molecule has 0 bridgehead atoms. The van der Waals surface area contributed by atoms with Crippen LogP contribution < -0.4 is 5.73 Å². The zero-order chi connectivity index (χ0) is 21.3. The van der Waals surface area contributed by atoms with Gasteiger partial charge in [-0.25, -0.2) is 9.78 Å². The number of fused-ring (bicyclic) bond motifs is 1. The molecule has 0 fully saturated rings. The maximum atomic E-state index is 12.2. The van der Waals surface area contributed by atoms with Gasteiger partial charge in [0.05, 0.1) is 22.6 Å². The number of ether oxygens (including phenoxy) is 1. The number of esters is 1. The molecular weight excluding hydrogens is 424 g/mol. The first-order valence-corrected chi connectivity index (χ1v) is 11.2. The van der Waals surface area contributed by atoms with Crippen LogP contribution in [0.4, 0.5) is 5.82 Å². The summed E-state index contributed by atoms with van der Waals surface area (Å²) in [5, 5.41) is 11.8. The summed E-state index contributed by atoms with van der Waals surface area (Å²) in [6.45, 7) is 6.46. The lowest BCUT2D eigenvalue weighted by atomic mass is 10.2. The van der Waals surface area contributed by atoms with Crippen LogP contribution in [0, 0.1) is 6.92 Å². The normalized spacial score (nSPS) is 11.3. The Bertz CT molecular complexity index is 1200. The molecule has 4 heterocycles. The number of aromatic nitrogens is 5. The molecule has 0 aliphatic heterocycles. The zero-order valence-electron chi connectivity index (χ0n) is 16.7. The topological polar surface area (TPSA) is 122 Å². The van der Waals surface area contributed by atoms with E-state index in [0.29, 0.717) is 22.7 Å². The standard InChI is InChI=1S/C19H20N6O3S2/c1-4-25-16(11-7-6-8-29-11)23-24-19(25)30-9-12-21-15(20)14-13(18(26)27-5-2)10(3)28-17(14)22-12/h6-8H,4-5,9H2,1-3H3,(H2,20,21,22). The van der Waals surface area contributed by atoms with Crippen LogP contribution >= 0.6 is 23.1 Å². The smallest absolute Gasteiger partial charge is 0.342 e. The monoisotopic (exact) mass is 444 g/mol. The Morgan fingerprint density at radius 2 is 2.17 bits per heavy atom. The number of hydrogen-bond acceptors (Lipinski definition) is 10. The maximum Gasteiger partial charge on any atom is 0.342 e. The van der Waals surface area contributed by atoms with E-state index in [-0.39, 0.29) is 23.7 Å². The fourth-order valence-corrected chi connectivity index (χ4v) is 4.67. The van der Waals surface area contributed by atoms with Crippen molar-refractivity contribution in [3.8, 4) is 10.7 Å². The summed E-state index contributed by atoms with van der Waals surface area (Å²) in [6, 6.07) is 4.01. The summed E-state index contributed by atoms with van der Waals surface area (Å²) in [5.74, 6) is 1.84. The largest absolute Gasteiger partial charge is 0.462 e. The summed E-state index contributed by atoms with van der Waals surface area (Å²) in [6.07, 6.45) is 0.